The summed E-state index contributed by atoms with van der Waals surface area (Å²) in [6, 6.07) is 19.4. The van der Waals surface area contributed by atoms with Gasteiger partial charge in [-0.25, -0.2) is 13.1 Å². The molecule has 32 heavy (non-hydrogen) atoms. The Morgan fingerprint density at radius 1 is 0.969 bits per heavy atom. The summed E-state index contributed by atoms with van der Waals surface area (Å²) in [6.07, 6.45) is 0. The van der Waals surface area contributed by atoms with Crippen molar-refractivity contribution in [2.45, 2.75) is 44.5 Å². The second kappa shape index (κ2) is 10.6. The molecule has 0 saturated carbocycles. The standard InChI is InChI=1S/C24H29N3O4S/c1-18(2)25-16-22-24(31-17-19-10-6-4-7-11-19)23(28)14-20(27(22)3)15-26-32(29,30)21-12-8-5-9-13-21/h4-14,18,25-26H,15-17H2,1-3H3. The number of hydrogen-bond donors (Lipinski definition) is 2. The molecule has 3 aromatic rings. The number of aromatic nitrogens is 1. The van der Waals surface area contributed by atoms with Crippen LogP contribution in [0.25, 0.3) is 0 Å². The molecule has 170 valence electrons. The van der Waals surface area contributed by atoms with Gasteiger partial charge in [-0.3, -0.25) is 4.79 Å². The fraction of sp³-hybridized carbons (Fsp3) is 0.292. The molecule has 0 aliphatic rings. The minimum absolute atomic E-state index is 0.0173. The molecule has 0 atom stereocenters. The van der Waals surface area contributed by atoms with Crippen LogP contribution in [0.4, 0.5) is 0 Å². The van der Waals surface area contributed by atoms with Gasteiger partial charge in [-0.1, -0.05) is 62.4 Å². The minimum Gasteiger partial charge on any atom is -0.483 e. The summed E-state index contributed by atoms with van der Waals surface area (Å²) in [5, 5.41) is 3.32. The van der Waals surface area contributed by atoms with Crippen molar-refractivity contribution in [1.82, 2.24) is 14.6 Å². The predicted octanol–water partition coefficient (Wildman–Crippen LogP) is 2.94. The lowest BCUT2D eigenvalue weighted by Crippen LogP contribution is -2.30. The molecule has 8 heteroatoms. The summed E-state index contributed by atoms with van der Waals surface area (Å²) >= 11 is 0. The molecule has 0 radical (unpaired) electrons. The summed E-state index contributed by atoms with van der Waals surface area (Å²) in [4.78, 5) is 13.1. The monoisotopic (exact) mass is 455 g/mol. The summed E-state index contributed by atoms with van der Waals surface area (Å²) in [5.74, 6) is 0.263. The highest BCUT2D eigenvalue weighted by Gasteiger charge is 2.18. The van der Waals surface area contributed by atoms with E-state index in [-0.39, 0.29) is 35.3 Å². The molecule has 0 spiro atoms. The normalized spacial score (nSPS) is 11.6. The number of ether oxygens (including phenoxy) is 1. The molecule has 2 N–H and O–H groups in total. The minimum atomic E-state index is -3.70. The van der Waals surface area contributed by atoms with Crippen LogP contribution in [0.3, 0.4) is 0 Å². The third-order valence-corrected chi connectivity index (χ3v) is 6.44. The van der Waals surface area contributed by atoms with E-state index >= 15 is 0 Å². The molecule has 0 fully saturated rings. The van der Waals surface area contributed by atoms with Crippen LogP contribution in [0, 0.1) is 0 Å². The zero-order valence-electron chi connectivity index (χ0n) is 18.5. The molecule has 0 unspecified atom stereocenters. The zero-order valence-corrected chi connectivity index (χ0v) is 19.4. The van der Waals surface area contributed by atoms with E-state index in [1.807, 2.05) is 48.7 Å². The van der Waals surface area contributed by atoms with E-state index in [9.17, 15) is 13.2 Å². The Hall–Kier alpha value is -2.94. The Balaban J connectivity index is 1.88. The molecule has 2 aromatic carbocycles. The quantitative estimate of drug-likeness (QED) is 0.491. The number of pyridine rings is 1. The smallest absolute Gasteiger partial charge is 0.240 e. The highest BCUT2D eigenvalue weighted by atomic mass is 32.2. The lowest BCUT2D eigenvalue weighted by atomic mass is 10.2. The average Bonchev–Trinajstić information content (AvgIpc) is 2.78. The van der Waals surface area contributed by atoms with Crippen molar-refractivity contribution in [3.8, 4) is 5.75 Å². The molecule has 0 bridgehead atoms. The highest BCUT2D eigenvalue weighted by Crippen LogP contribution is 2.18. The van der Waals surface area contributed by atoms with Crippen LogP contribution in [0.1, 0.15) is 30.8 Å². The average molecular weight is 456 g/mol. The fourth-order valence-corrected chi connectivity index (χ4v) is 4.21. The third kappa shape index (κ3) is 6.06. The van der Waals surface area contributed by atoms with Crippen molar-refractivity contribution in [2.24, 2.45) is 7.05 Å². The Morgan fingerprint density at radius 2 is 1.59 bits per heavy atom. The van der Waals surface area contributed by atoms with Crippen molar-refractivity contribution < 1.29 is 13.2 Å². The molecule has 0 aliphatic heterocycles. The predicted molar refractivity (Wildman–Crippen MR) is 125 cm³/mol. The van der Waals surface area contributed by atoms with Crippen molar-refractivity contribution in [3.63, 3.8) is 0 Å². The Labute approximate surface area is 189 Å². The molecule has 1 aromatic heterocycles. The first-order valence-corrected chi connectivity index (χ1v) is 11.9. The number of hydrogen-bond acceptors (Lipinski definition) is 5. The van der Waals surface area contributed by atoms with Gasteiger partial charge in [0, 0.05) is 31.4 Å². The summed E-state index contributed by atoms with van der Waals surface area (Å²) in [7, 11) is -1.89. The van der Waals surface area contributed by atoms with Gasteiger partial charge in [0.2, 0.25) is 15.5 Å². The second-order valence-electron chi connectivity index (χ2n) is 7.78. The van der Waals surface area contributed by atoms with Crippen molar-refractivity contribution >= 4 is 10.0 Å². The summed E-state index contributed by atoms with van der Waals surface area (Å²) < 4.78 is 35.5. The Kier molecular flexibility index (Phi) is 7.84. The van der Waals surface area contributed by atoms with E-state index in [0.717, 1.165) is 5.56 Å². The maximum atomic E-state index is 12.9. The highest BCUT2D eigenvalue weighted by molar-refractivity contribution is 7.89. The molecular weight excluding hydrogens is 426 g/mol. The van der Waals surface area contributed by atoms with Gasteiger partial charge in [0.25, 0.3) is 0 Å². The van der Waals surface area contributed by atoms with E-state index in [2.05, 4.69) is 10.0 Å². The lowest BCUT2D eigenvalue weighted by molar-refractivity contribution is 0.294. The third-order valence-electron chi connectivity index (χ3n) is 5.02. The first-order chi connectivity index (χ1) is 15.3. The van der Waals surface area contributed by atoms with Crippen LogP contribution in [0.15, 0.2) is 76.4 Å². The van der Waals surface area contributed by atoms with Crippen LogP contribution >= 0.6 is 0 Å². The van der Waals surface area contributed by atoms with Crippen LogP contribution in [-0.4, -0.2) is 19.0 Å². The van der Waals surface area contributed by atoms with Gasteiger partial charge in [0.05, 0.1) is 17.1 Å². The molecular formula is C24H29N3O4S. The van der Waals surface area contributed by atoms with Gasteiger partial charge in [0.15, 0.2) is 5.75 Å². The first kappa shape index (κ1) is 23.7. The Bertz CT molecular complexity index is 1190. The van der Waals surface area contributed by atoms with Crippen LogP contribution in [0.5, 0.6) is 5.75 Å². The molecule has 0 aliphatic carbocycles. The van der Waals surface area contributed by atoms with Gasteiger partial charge in [-0.2, -0.15) is 0 Å². The largest absolute Gasteiger partial charge is 0.483 e. The van der Waals surface area contributed by atoms with Crippen molar-refractivity contribution in [2.75, 3.05) is 0 Å². The fourth-order valence-electron chi connectivity index (χ4n) is 3.19. The van der Waals surface area contributed by atoms with Gasteiger partial charge >= 0.3 is 0 Å². The molecule has 0 amide bonds. The van der Waals surface area contributed by atoms with Crippen molar-refractivity contribution in [3.05, 3.63) is 93.9 Å². The Morgan fingerprint density at radius 3 is 2.22 bits per heavy atom. The van der Waals surface area contributed by atoms with Crippen LogP contribution in [-0.2, 0) is 36.8 Å². The van der Waals surface area contributed by atoms with E-state index < -0.39 is 10.0 Å². The molecule has 1 heterocycles. The van der Waals surface area contributed by atoms with Crippen molar-refractivity contribution in [1.29, 1.82) is 0 Å². The summed E-state index contributed by atoms with van der Waals surface area (Å²) in [5.41, 5.74) is 1.88. The first-order valence-electron chi connectivity index (χ1n) is 10.4. The van der Waals surface area contributed by atoms with E-state index in [1.165, 1.54) is 18.2 Å². The number of rotatable bonds is 10. The van der Waals surface area contributed by atoms with E-state index in [4.69, 9.17) is 4.74 Å². The SMILES string of the molecule is CC(C)NCc1c(OCc2ccccc2)c(=O)cc(CNS(=O)(=O)c2ccccc2)n1C. The van der Waals surface area contributed by atoms with Crippen LogP contribution < -0.4 is 20.2 Å². The number of nitrogens with one attached hydrogen (secondary N) is 2. The van der Waals surface area contributed by atoms with Gasteiger partial charge in [-0.05, 0) is 17.7 Å². The van der Waals surface area contributed by atoms with E-state index in [1.54, 1.807) is 25.2 Å². The summed E-state index contributed by atoms with van der Waals surface area (Å²) in [6.45, 7) is 4.69. The maximum absolute atomic E-state index is 12.9. The number of sulfonamides is 1. The zero-order chi connectivity index (χ0) is 23.1. The molecule has 0 saturated heterocycles. The van der Waals surface area contributed by atoms with Gasteiger partial charge in [0.1, 0.15) is 6.61 Å². The van der Waals surface area contributed by atoms with E-state index in [0.29, 0.717) is 17.9 Å². The maximum Gasteiger partial charge on any atom is 0.240 e. The topological polar surface area (TPSA) is 89.4 Å². The van der Waals surface area contributed by atoms with Gasteiger partial charge < -0.3 is 14.6 Å². The number of benzene rings is 2. The molecule has 7 nitrogen and oxygen atoms in total. The molecule has 3 rings (SSSR count). The number of nitrogens with zero attached hydrogens (tertiary/aromatic N) is 1. The lowest BCUT2D eigenvalue weighted by Gasteiger charge is -2.20. The second-order valence-corrected chi connectivity index (χ2v) is 9.55. The van der Waals surface area contributed by atoms with Gasteiger partial charge in [-0.15, -0.1) is 0 Å². The van der Waals surface area contributed by atoms with Crippen LogP contribution in [0.2, 0.25) is 0 Å².